The number of carbonyl (C=O) groups is 2. The van der Waals surface area contributed by atoms with Crippen molar-refractivity contribution in [1.29, 1.82) is 0 Å². The zero-order valence-electron chi connectivity index (χ0n) is 28.1. The van der Waals surface area contributed by atoms with E-state index >= 15 is 0 Å². The fourth-order valence-electron chi connectivity index (χ4n) is 4.07. The van der Waals surface area contributed by atoms with Gasteiger partial charge in [0.1, 0.15) is 41.8 Å². The molecule has 3 aromatic carbocycles. The molecule has 1 unspecified atom stereocenters. The van der Waals surface area contributed by atoms with Crippen LogP contribution in [0.1, 0.15) is 0 Å². The molecule has 21 nitrogen and oxygen atoms in total. The Morgan fingerprint density at radius 3 is 1.69 bits per heavy atom. The number of hydrogen-bond donors (Lipinski definition) is 2. The molecule has 1 amide bonds. The number of nitrogens with one attached hydrogen (secondary N) is 2. The minimum absolute atomic E-state index is 0. The number of anilines is 5. The van der Waals surface area contributed by atoms with Gasteiger partial charge in [0.25, 0.3) is 5.91 Å². The van der Waals surface area contributed by atoms with Crippen LogP contribution in [0.25, 0.3) is 0 Å². The van der Waals surface area contributed by atoms with Crippen LogP contribution in [0.4, 0.5) is 34.6 Å². The summed E-state index contributed by atoms with van der Waals surface area (Å²) >= 11 is 5.99. The van der Waals surface area contributed by atoms with Crippen LogP contribution < -0.4 is 139 Å². The maximum atomic E-state index is 13.1. The van der Waals surface area contributed by atoms with Crippen LogP contribution in [0.3, 0.4) is 0 Å². The number of amides is 1. The smallest absolute Gasteiger partial charge is 0.744 e. The van der Waals surface area contributed by atoms with Gasteiger partial charge in [0.05, 0.1) is 26.3 Å². The first-order valence-electron chi connectivity index (χ1n) is 13.0. The average Bonchev–Trinajstić information content (AvgIpc) is 3.34. The van der Waals surface area contributed by atoms with Gasteiger partial charge in [0.15, 0.2) is 6.04 Å². The van der Waals surface area contributed by atoms with Gasteiger partial charge in [-0.2, -0.15) is 35.3 Å². The van der Waals surface area contributed by atoms with E-state index in [1.54, 1.807) is 0 Å². The fourth-order valence-corrected chi connectivity index (χ4v) is 5.76. The van der Waals surface area contributed by atoms with E-state index < -0.39 is 74.4 Å². The minimum atomic E-state index is -5.23. The fraction of sp³-hybridized carbons (Fsp3) is 0.0400. The monoisotopic (exact) mass is 855 g/mol. The van der Waals surface area contributed by atoms with Gasteiger partial charge in [0.2, 0.25) is 17.2 Å². The third kappa shape index (κ3) is 12.8. The molecule has 29 heteroatoms. The summed E-state index contributed by atoms with van der Waals surface area (Å²) in [4.78, 5) is 34.6. The quantitative estimate of drug-likeness (QED) is 0.0803. The number of aliphatic carboxylic acids is 1. The number of azo groups is 1. The van der Waals surface area contributed by atoms with Gasteiger partial charge in [-0.1, -0.05) is 0 Å². The van der Waals surface area contributed by atoms with Crippen LogP contribution in [-0.4, -0.2) is 77.5 Å². The molecular weight excluding hydrogens is 842 g/mol. The largest absolute Gasteiger partial charge is 1.00 e. The molecule has 0 spiro atoms. The van der Waals surface area contributed by atoms with Crippen molar-refractivity contribution in [3.63, 3.8) is 0 Å². The molecule has 260 valence electrons. The summed E-state index contributed by atoms with van der Waals surface area (Å²) < 4.78 is 103. The second kappa shape index (κ2) is 20.3. The minimum Gasteiger partial charge on any atom is -0.744 e. The topological polar surface area (TPSA) is 332 Å². The van der Waals surface area contributed by atoms with Gasteiger partial charge < -0.3 is 34.2 Å². The van der Waals surface area contributed by atoms with Crippen LogP contribution in [0, 0.1) is 0 Å². The molecule has 0 bridgehead atoms. The van der Waals surface area contributed by atoms with Gasteiger partial charge in [-0.3, -0.25) is 4.79 Å². The van der Waals surface area contributed by atoms with Gasteiger partial charge in [0, 0.05) is 11.4 Å². The Balaban J connectivity index is 0.00000364. The summed E-state index contributed by atoms with van der Waals surface area (Å²) in [5, 5.41) is 28.1. The molecule has 1 aliphatic rings. The van der Waals surface area contributed by atoms with Gasteiger partial charge >= 0.3 is 118 Å². The molecule has 0 aliphatic carbocycles. The second-order valence-corrected chi connectivity index (χ2v) is 14.1. The second-order valence-electron chi connectivity index (χ2n) is 9.61. The molecule has 4 aromatic rings. The van der Waals surface area contributed by atoms with E-state index in [0.29, 0.717) is 5.01 Å². The van der Waals surface area contributed by atoms with Crippen LogP contribution in [0.5, 0.6) is 0 Å². The summed E-state index contributed by atoms with van der Waals surface area (Å²) in [5.74, 6) is -3.56. The van der Waals surface area contributed by atoms with Crippen molar-refractivity contribution in [2.24, 2.45) is 15.3 Å². The molecule has 2 N–H and O–H groups in total. The Bertz CT molecular complexity index is 2450. The van der Waals surface area contributed by atoms with E-state index in [1.807, 2.05) is 0 Å². The molecule has 1 aliphatic heterocycles. The summed E-state index contributed by atoms with van der Waals surface area (Å²) in [6, 6.07) is 9.07. The summed E-state index contributed by atoms with van der Waals surface area (Å²) in [5.41, 5.74) is -1.63. The molecule has 0 saturated carbocycles. The first kappa shape index (κ1) is 50.5. The maximum absolute atomic E-state index is 13.1. The number of benzene rings is 3. The van der Waals surface area contributed by atoms with Gasteiger partial charge in [-0.05, 0) is 78.3 Å². The standard InChI is InChI=1S/C25H18ClN9O12S3.4Na/c26-23-29-24(27-12-1-6-15(7-2-12)48(39,40)41)31-25(30-23)28-13-3-10-18(50(45,46)47)17(11-13)32-33-19-20(22(37)38)34-35(21(19)36)14-4-8-16(9-5-14)49(42,43)44;;;;/h1-11,19H,(H,37,38)(H,39,40,41)(H,42,43,44)(H,45,46,47)(H2,27,28,29,30,31);;;;/q;4*+1/p-4. The zero-order chi connectivity index (χ0) is 36.6. The van der Waals surface area contributed by atoms with Gasteiger partial charge in [-0.15, -0.1) is 0 Å². The Labute approximate surface area is 399 Å². The van der Waals surface area contributed by atoms with Crippen molar-refractivity contribution in [3.8, 4) is 0 Å². The average molecular weight is 856 g/mol. The van der Waals surface area contributed by atoms with Crippen molar-refractivity contribution in [1.82, 2.24) is 15.0 Å². The molecule has 54 heavy (non-hydrogen) atoms. The number of carboxylic acids is 1. The molecule has 1 aromatic heterocycles. The molecule has 0 saturated heterocycles. The third-order valence-corrected chi connectivity index (χ3v) is 9.01. The Morgan fingerprint density at radius 2 is 1.20 bits per heavy atom. The van der Waals surface area contributed by atoms with Crippen molar-refractivity contribution >= 4 is 94.2 Å². The van der Waals surface area contributed by atoms with Crippen molar-refractivity contribution in [3.05, 3.63) is 72.0 Å². The van der Waals surface area contributed by atoms with E-state index in [0.717, 1.165) is 54.6 Å². The predicted molar refractivity (Wildman–Crippen MR) is 163 cm³/mol. The zero-order valence-corrected chi connectivity index (χ0v) is 39.3. The molecule has 2 heterocycles. The first-order chi connectivity index (χ1) is 23.3. The summed E-state index contributed by atoms with van der Waals surface area (Å²) in [6.07, 6.45) is 0. The van der Waals surface area contributed by atoms with Gasteiger partial charge in [-0.25, -0.2) is 25.3 Å². The van der Waals surface area contributed by atoms with Crippen molar-refractivity contribution in [2.75, 3.05) is 15.6 Å². The number of aromatic nitrogens is 3. The number of rotatable bonds is 11. The van der Waals surface area contributed by atoms with Crippen LogP contribution >= 0.6 is 11.6 Å². The maximum Gasteiger partial charge on any atom is 1.00 e. The van der Waals surface area contributed by atoms with Crippen molar-refractivity contribution in [2.45, 2.75) is 20.7 Å². The first-order valence-corrected chi connectivity index (χ1v) is 17.6. The summed E-state index contributed by atoms with van der Waals surface area (Å²) in [6.45, 7) is 0. The molecule has 1 atom stereocenters. The van der Waals surface area contributed by atoms with E-state index in [9.17, 15) is 53.6 Å². The van der Waals surface area contributed by atoms with E-state index in [2.05, 4.69) is 40.9 Å². The Kier molecular flexibility index (Phi) is 19.0. The molecule has 0 fully saturated rings. The van der Waals surface area contributed by atoms with E-state index in [4.69, 9.17) is 11.6 Å². The number of hydrogen-bond acceptors (Lipinski definition) is 20. The van der Waals surface area contributed by atoms with Crippen LogP contribution in [-0.2, 0) is 39.9 Å². The summed E-state index contributed by atoms with van der Waals surface area (Å²) in [7, 11) is -14.8. The Hall–Kier alpha value is -1.50. The van der Waals surface area contributed by atoms with E-state index in [-0.39, 0.29) is 152 Å². The SMILES string of the molecule is O=C([O-])C1=NN(c2ccc(S(=O)(=O)[O-])cc2)C(=O)C1N=Nc1cc(Nc2nc(Cl)nc(Nc3ccc(S(=O)(=O)[O-])cc3)n2)ccc1S(=O)(=O)[O-].[Na+].[Na+].[Na+].[Na+]. The Morgan fingerprint density at radius 1 is 0.722 bits per heavy atom. The molecule has 0 radical (unpaired) electrons. The molecule has 5 rings (SSSR count). The van der Waals surface area contributed by atoms with Crippen LogP contribution in [0.15, 0.2) is 96.7 Å². The molecular formula is C25H14ClN9Na4O12S3. The number of carbonyl (C=O) groups excluding carboxylic acids is 2. The number of nitrogens with zero attached hydrogens (tertiary/aromatic N) is 7. The van der Waals surface area contributed by atoms with Crippen LogP contribution in [0.2, 0.25) is 5.28 Å². The number of halogens is 1. The third-order valence-electron chi connectivity index (χ3n) is 6.26. The number of carboxylic acid groups (broad SMARTS) is 1. The number of hydrazone groups is 1. The normalized spacial score (nSPS) is 14.1. The van der Waals surface area contributed by atoms with Crippen molar-refractivity contribution < 1.29 is 172 Å². The van der Waals surface area contributed by atoms with E-state index in [1.165, 1.54) is 12.1 Å². The predicted octanol–water partition coefficient (Wildman–Crippen LogP) is -11.7.